The van der Waals surface area contributed by atoms with Crippen molar-refractivity contribution in [2.24, 2.45) is 0 Å². The van der Waals surface area contributed by atoms with Gasteiger partial charge in [-0.1, -0.05) is 0 Å². The van der Waals surface area contributed by atoms with Crippen molar-refractivity contribution < 1.29 is 0 Å². The van der Waals surface area contributed by atoms with E-state index in [1.165, 1.54) is 38.5 Å². The first-order valence-corrected chi connectivity index (χ1v) is 36.9. The monoisotopic (exact) mass is 635 g/mol. The third-order valence-corrected chi connectivity index (χ3v) is 98.6. The zero-order valence-corrected chi connectivity index (χ0v) is 25.9. The summed E-state index contributed by atoms with van der Waals surface area (Å²) in [5.41, 5.74) is 0. The van der Waals surface area contributed by atoms with Crippen molar-refractivity contribution in [3.63, 3.8) is 0 Å². The van der Waals surface area contributed by atoms with Crippen molar-refractivity contribution in [2.45, 2.75) is 102 Å². The summed E-state index contributed by atoms with van der Waals surface area (Å²) in [6.07, 6.45) is 8.65. The second-order valence-electron chi connectivity index (χ2n) is 9.08. The average Bonchev–Trinajstić information content (AvgIpc) is 2.39. The number of unbranched alkanes of at least 4 members (excludes halogenated alkanes) is 3. The number of hydrogen-bond acceptors (Lipinski definition) is 1. The standard InChI is InChI=1S/3C4H9.6CH3.N.3Sn/c3*1-3-4-2;;;;;;;;;;/h3*1,3-4H2,2H3;6*1H3;;;;. The van der Waals surface area contributed by atoms with E-state index in [2.05, 4.69) is 50.0 Å². The van der Waals surface area contributed by atoms with E-state index in [9.17, 15) is 0 Å². The topological polar surface area (TPSA) is 3.24 Å². The predicted molar refractivity (Wildman–Crippen MR) is 113 cm³/mol. The molecule has 134 valence electrons. The van der Waals surface area contributed by atoms with E-state index >= 15 is 0 Å². The van der Waals surface area contributed by atoms with Crippen LogP contribution in [-0.4, -0.2) is 55.5 Å². The van der Waals surface area contributed by atoms with E-state index in [0.717, 1.165) is 0 Å². The summed E-state index contributed by atoms with van der Waals surface area (Å²) in [4.78, 5) is 16.7. The Morgan fingerprint density at radius 1 is 0.500 bits per heavy atom. The van der Waals surface area contributed by atoms with Gasteiger partial charge in [-0.2, -0.15) is 0 Å². The van der Waals surface area contributed by atoms with Gasteiger partial charge in [-0.05, 0) is 0 Å². The SMILES string of the molecule is CCC[CH2][Sn]([CH3])([CH3])[N]([Sn]([CH3])([CH3])[CH2]CCC)[Sn]([CH3])([CH3])[CH2]CCC. The molecule has 0 radical (unpaired) electrons. The van der Waals surface area contributed by atoms with Gasteiger partial charge in [0.05, 0.1) is 0 Å². The maximum absolute atomic E-state index is 3.51. The van der Waals surface area contributed by atoms with Gasteiger partial charge in [0.2, 0.25) is 0 Å². The second-order valence-corrected chi connectivity index (χ2v) is 59.2. The number of rotatable bonds is 12. The number of nitrogens with zero attached hydrogens (tertiary/aromatic N) is 1. The van der Waals surface area contributed by atoms with Crippen molar-refractivity contribution in [3.05, 3.63) is 0 Å². The Kier molecular flexibility index (Phi) is 12.3. The van der Waals surface area contributed by atoms with Gasteiger partial charge in [0.25, 0.3) is 0 Å². The molecular formula is C18H45NSn3. The molecule has 0 unspecified atom stereocenters. The van der Waals surface area contributed by atoms with Crippen LogP contribution < -0.4 is 0 Å². The summed E-state index contributed by atoms with van der Waals surface area (Å²) in [6.45, 7) is 7.13. The molecule has 0 aliphatic heterocycles. The van der Waals surface area contributed by atoms with Gasteiger partial charge in [-0.25, -0.2) is 0 Å². The first kappa shape index (κ1) is 24.4. The molecule has 0 aliphatic rings. The van der Waals surface area contributed by atoms with Crippen molar-refractivity contribution in [3.8, 4) is 0 Å². The molecule has 0 spiro atoms. The third-order valence-electron chi connectivity index (χ3n) is 5.24. The van der Waals surface area contributed by atoms with Gasteiger partial charge < -0.3 is 0 Å². The quantitative estimate of drug-likeness (QED) is 0.204. The molecule has 22 heavy (non-hydrogen) atoms. The minimum atomic E-state index is -2.05. The van der Waals surface area contributed by atoms with E-state index in [1.807, 2.05) is 0 Å². The van der Waals surface area contributed by atoms with Gasteiger partial charge in [0.1, 0.15) is 0 Å². The molecule has 0 aromatic rings. The molecule has 0 aromatic carbocycles. The second kappa shape index (κ2) is 11.2. The zero-order valence-electron chi connectivity index (χ0n) is 17.3. The molecule has 0 aromatic heterocycles. The van der Waals surface area contributed by atoms with E-state index < -0.39 is 56.0 Å². The molecule has 0 saturated carbocycles. The Morgan fingerprint density at radius 2 is 0.727 bits per heavy atom. The van der Waals surface area contributed by atoms with Crippen LogP contribution in [0.25, 0.3) is 0 Å². The Morgan fingerprint density at radius 3 is 0.909 bits per heavy atom. The zero-order chi connectivity index (χ0) is 17.4. The Labute approximate surface area is 156 Å². The molecule has 0 atom stereocenters. The molecule has 0 saturated heterocycles. The summed E-state index contributed by atoms with van der Waals surface area (Å²) in [7, 11) is 0. The summed E-state index contributed by atoms with van der Waals surface area (Å²) >= 11 is -6.16. The van der Waals surface area contributed by atoms with Crippen LogP contribution in [0.15, 0.2) is 0 Å². The van der Waals surface area contributed by atoms with E-state index in [1.54, 1.807) is 13.3 Å². The van der Waals surface area contributed by atoms with Crippen LogP contribution in [-0.2, 0) is 0 Å². The summed E-state index contributed by atoms with van der Waals surface area (Å²) < 4.78 is 8.36. The van der Waals surface area contributed by atoms with Crippen LogP contribution in [0, 0.1) is 0 Å². The maximum atomic E-state index is 3.51. The van der Waals surface area contributed by atoms with Crippen molar-refractivity contribution >= 4 is 56.0 Å². The van der Waals surface area contributed by atoms with Crippen molar-refractivity contribution in [1.29, 1.82) is 0 Å². The fraction of sp³-hybridized carbons (Fsp3) is 1.00. The molecule has 4 heteroatoms. The molecule has 0 fully saturated rings. The third kappa shape index (κ3) is 8.16. The van der Waals surface area contributed by atoms with Gasteiger partial charge in [-0.3, -0.25) is 0 Å². The first-order chi connectivity index (χ1) is 10.0. The van der Waals surface area contributed by atoms with Crippen molar-refractivity contribution in [1.82, 2.24) is -0.435 Å². The first-order valence-electron chi connectivity index (χ1n) is 9.85. The normalized spacial score (nSPS) is 13.9. The molecular weight excluding hydrogens is 586 g/mol. The van der Waals surface area contributed by atoms with Gasteiger partial charge in [0, 0.05) is 0 Å². The molecule has 0 heterocycles. The fourth-order valence-corrected chi connectivity index (χ4v) is 138. The molecule has 0 amide bonds. The molecule has 1 nitrogen and oxygen atoms in total. The Balaban J connectivity index is 5.46. The summed E-state index contributed by atoms with van der Waals surface area (Å²) in [5.74, 6) is 0. The van der Waals surface area contributed by atoms with E-state index in [0.29, 0.717) is 0 Å². The summed E-state index contributed by atoms with van der Waals surface area (Å²) in [6, 6.07) is 0. The number of hydrogen-bond donors (Lipinski definition) is 0. The van der Waals surface area contributed by atoms with Crippen LogP contribution >= 0.6 is 0 Å². The van der Waals surface area contributed by atoms with Crippen LogP contribution in [0.4, 0.5) is 0 Å². The van der Waals surface area contributed by atoms with Gasteiger partial charge >= 0.3 is 158 Å². The minimum absolute atomic E-state index is 1.39. The molecule has 0 aliphatic carbocycles. The van der Waals surface area contributed by atoms with Crippen LogP contribution in [0.3, 0.4) is 0 Å². The molecule has 0 bridgehead atoms. The van der Waals surface area contributed by atoms with E-state index in [4.69, 9.17) is 0 Å². The van der Waals surface area contributed by atoms with E-state index in [-0.39, 0.29) is 0 Å². The van der Waals surface area contributed by atoms with Gasteiger partial charge in [-0.15, -0.1) is 0 Å². The predicted octanol–water partition coefficient (Wildman–Crippen LogP) is 7.30. The van der Waals surface area contributed by atoms with Crippen LogP contribution in [0.1, 0.15) is 59.3 Å². The average molecular weight is 632 g/mol. The Bertz CT molecular complexity index is 253. The molecule has 0 rings (SSSR count). The fourth-order valence-electron chi connectivity index (χ4n) is 4.62. The van der Waals surface area contributed by atoms with Crippen LogP contribution in [0.2, 0.25) is 42.9 Å². The van der Waals surface area contributed by atoms with Gasteiger partial charge in [0.15, 0.2) is 0 Å². The molecule has 0 N–H and O–H groups in total. The van der Waals surface area contributed by atoms with Crippen molar-refractivity contribution in [2.75, 3.05) is 0 Å². The summed E-state index contributed by atoms with van der Waals surface area (Å²) in [5, 5.41) is 0. The van der Waals surface area contributed by atoms with Crippen LogP contribution in [0.5, 0.6) is 0 Å². The Hall–Kier alpha value is 2.36.